The number of rotatable bonds is 3. The van der Waals surface area contributed by atoms with Crippen LogP contribution in [-0.2, 0) is 9.59 Å². The number of nitrogens with zero attached hydrogens (tertiary/aromatic N) is 1. The predicted octanol–water partition coefficient (Wildman–Crippen LogP) is 2.21. The fourth-order valence-electron chi connectivity index (χ4n) is 3.10. The van der Waals surface area contributed by atoms with Gasteiger partial charge in [-0.1, -0.05) is 23.2 Å². The summed E-state index contributed by atoms with van der Waals surface area (Å²) in [6.45, 7) is 2.27. The molecule has 23 heavy (non-hydrogen) atoms. The molecule has 1 atom stereocenters. The van der Waals surface area contributed by atoms with E-state index in [-0.39, 0.29) is 17.7 Å². The molecule has 0 saturated carbocycles. The first-order chi connectivity index (χ1) is 11.1. The fraction of sp³-hybridized carbons (Fsp3) is 0.500. The van der Waals surface area contributed by atoms with Crippen LogP contribution in [0.2, 0.25) is 10.0 Å². The van der Waals surface area contributed by atoms with E-state index in [2.05, 4.69) is 10.6 Å². The van der Waals surface area contributed by atoms with Crippen LogP contribution in [0, 0.1) is 5.92 Å². The van der Waals surface area contributed by atoms with Gasteiger partial charge in [0, 0.05) is 18.2 Å². The second-order valence-corrected chi connectivity index (χ2v) is 6.78. The number of anilines is 1. The zero-order chi connectivity index (χ0) is 16.4. The van der Waals surface area contributed by atoms with Gasteiger partial charge in [0.15, 0.2) is 0 Å². The van der Waals surface area contributed by atoms with Gasteiger partial charge in [0.2, 0.25) is 11.8 Å². The first-order valence-electron chi connectivity index (χ1n) is 7.84. The van der Waals surface area contributed by atoms with E-state index in [9.17, 15) is 9.59 Å². The molecule has 2 aliphatic rings. The third-order valence-electron chi connectivity index (χ3n) is 4.45. The molecule has 124 valence electrons. The molecule has 0 bridgehead atoms. The van der Waals surface area contributed by atoms with E-state index in [1.807, 2.05) is 0 Å². The number of carbonyl (C=O) groups excluding carboxylic acids is 2. The highest BCUT2D eigenvalue weighted by Gasteiger charge is 2.35. The number of amides is 2. The highest BCUT2D eigenvalue weighted by Crippen LogP contribution is 2.29. The maximum absolute atomic E-state index is 12.5. The molecule has 1 unspecified atom stereocenters. The lowest BCUT2D eigenvalue weighted by Crippen LogP contribution is -2.46. The Morgan fingerprint density at radius 3 is 2.61 bits per heavy atom. The molecule has 1 aromatic carbocycles. The van der Waals surface area contributed by atoms with Gasteiger partial charge in [-0.05, 0) is 50.6 Å². The van der Waals surface area contributed by atoms with E-state index in [1.165, 1.54) is 0 Å². The fourth-order valence-corrected chi connectivity index (χ4v) is 3.39. The summed E-state index contributed by atoms with van der Waals surface area (Å²) in [5, 5.41) is 7.01. The number of hydrogen-bond acceptors (Lipinski definition) is 3. The van der Waals surface area contributed by atoms with Crippen LogP contribution >= 0.6 is 23.2 Å². The van der Waals surface area contributed by atoms with E-state index < -0.39 is 6.04 Å². The van der Waals surface area contributed by atoms with E-state index in [4.69, 9.17) is 23.2 Å². The third kappa shape index (κ3) is 3.62. The minimum Gasteiger partial charge on any atom is -0.344 e. The molecule has 0 radical (unpaired) electrons. The molecule has 0 aliphatic carbocycles. The first kappa shape index (κ1) is 16.6. The van der Waals surface area contributed by atoms with E-state index >= 15 is 0 Å². The Morgan fingerprint density at radius 1 is 1.17 bits per heavy atom. The van der Waals surface area contributed by atoms with Crippen LogP contribution in [0.25, 0.3) is 0 Å². The van der Waals surface area contributed by atoms with Crippen molar-refractivity contribution in [3.05, 3.63) is 28.2 Å². The molecular weight excluding hydrogens is 337 g/mol. The average molecular weight is 356 g/mol. The summed E-state index contributed by atoms with van der Waals surface area (Å²) >= 11 is 11.9. The van der Waals surface area contributed by atoms with Crippen molar-refractivity contribution in [1.82, 2.24) is 10.6 Å². The Labute approximate surface area is 145 Å². The largest absolute Gasteiger partial charge is 0.344 e. The van der Waals surface area contributed by atoms with Gasteiger partial charge in [-0.15, -0.1) is 0 Å². The summed E-state index contributed by atoms with van der Waals surface area (Å²) in [6.07, 6.45) is 2.25. The number of nitrogens with one attached hydrogen (secondary N) is 2. The molecule has 0 spiro atoms. The summed E-state index contributed by atoms with van der Waals surface area (Å²) in [5.41, 5.74) is 0.711. The summed E-state index contributed by atoms with van der Waals surface area (Å²) < 4.78 is 0. The SMILES string of the molecule is O=C(NC1CCN(c2ccc(Cl)c(Cl)c2)C1=O)C1CCNCC1. The van der Waals surface area contributed by atoms with Crippen molar-refractivity contribution in [2.24, 2.45) is 5.92 Å². The van der Waals surface area contributed by atoms with Crippen LogP contribution in [0.5, 0.6) is 0 Å². The average Bonchev–Trinajstić information content (AvgIpc) is 2.92. The number of benzene rings is 1. The zero-order valence-electron chi connectivity index (χ0n) is 12.6. The quantitative estimate of drug-likeness (QED) is 0.873. The van der Waals surface area contributed by atoms with Crippen molar-refractivity contribution in [2.75, 3.05) is 24.5 Å². The molecule has 1 aromatic rings. The van der Waals surface area contributed by atoms with Gasteiger partial charge in [0.1, 0.15) is 6.04 Å². The molecule has 0 aromatic heterocycles. The third-order valence-corrected chi connectivity index (χ3v) is 5.19. The van der Waals surface area contributed by atoms with Crippen molar-refractivity contribution in [2.45, 2.75) is 25.3 Å². The summed E-state index contributed by atoms with van der Waals surface area (Å²) in [4.78, 5) is 26.5. The molecule has 2 aliphatic heterocycles. The molecule has 2 saturated heterocycles. The lowest BCUT2D eigenvalue weighted by atomic mass is 9.97. The van der Waals surface area contributed by atoms with E-state index in [1.54, 1.807) is 23.1 Å². The Bertz CT molecular complexity index is 617. The van der Waals surface area contributed by atoms with Crippen LogP contribution < -0.4 is 15.5 Å². The highest BCUT2D eigenvalue weighted by molar-refractivity contribution is 6.42. The molecule has 7 heteroatoms. The van der Waals surface area contributed by atoms with Gasteiger partial charge in [0.25, 0.3) is 0 Å². The second-order valence-electron chi connectivity index (χ2n) is 5.96. The van der Waals surface area contributed by atoms with Crippen LogP contribution in [0.1, 0.15) is 19.3 Å². The van der Waals surface area contributed by atoms with Crippen LogP contribution in [0.4, 0.5) is 5.69 Å². The van der Waals surface area contributed by atoms with Crippen molar-refractivity contribution < 1.29 is 9.59 Å². The normalized spacial score (nSPS) is 22.4. The zero-order valence-corrected chi connectivity index (χ0v) is 14.2. The molecule has 2 amide bonds. The van der Waals surface area contributed by atoms with Gasteiger partial charge in [-0.2, -0.15) is 0 Å². The summed E-state index contributed by atoms with van der Waals surface area (Å²) in [5.74, 6) is -0.102. The number of piperidine rings is 1. The highest BCUT2D eigenvalue weighted by atomic mass is 35.5. The molecule has 2 fully saturated rings. The molecule has 3 rings (SSSR count). The Balaban J connectivity index is 1.64. The second kappa shape index (κ2) is 7.07. The molecule has 2 N–H and O–H groups in total. The van der Waals surface area contributed by atoms with E-state index in [0.29, 0.717) is 28.7 Å². The predicted molar refractivity (Wildman–Crippen MR) is 91.0 cm³/mol. The van der Waals surface area contributed by atoms with Crippen molar-refractivity contribution in [3.8, 4) is 0 Å². The smallest absolute Gasteiger partial charge is 0.249 e. The number of halogens is 2. The maximum Gasteiger partial charge on any atom is 0.249 e. The van der Waals surface area contributed by atoms with Crippen molar-refractivity contribution >= 4 is 40.7 Å². The lowest BCUT2D eigenvalue weighted by molar-refractivity contribution is -0.129. The molecule has 5 nitrogen and oxygen atoms in total. The Morgan fingerprint density at radius 2 is 1.91 bits per heavy atom. The topological polar surface area (TPSA) is 61.4 Å². The van der Waals surface area contributed by atoms with Crippen LogP contribution in [0.3, 0.4) is 0 Å². The standard InChI is InChI=1S/C16H19Cl2N3O2/c17-12-2-1-11(9-13(12)18)21-8-5-14(16(21)23)20-15(22)10-3-6-19-7-4-10/h1-2,9-10,14,19H,3-8H2,(H,20,22). The van der Waals surface area contributed by atoms with Gasteiger partial charge in [-0.25, -0.2) is 0 Å². The minimum absolute atomic E-state index is 0.00285. The monoisotopic (exact) mass is 355 g/mol. The summed E-state index contributed by atoms with van der Waals surface area (Å²) in [6, 6.07) is 4.67. The van der Waals surface area contributed by atoms with Crippen molar-refractivity contribution in [1.29, 1.82) is 0 Å². The number of carbonyl (C=O) groups is 2. The number of hydrogen-bond donors (Lipinski definition) is 2. The Kier molecular flexibility index (Phi) is 5.09. The molecular formula is C16H19Cl2N3O2. The van der Waals surface area contributed by atoms with Gasteiger partial charge in [-0.3, -0.25) is 9.59 Å². The van der Waals surface area contributed by atoms with E-state index in [0.717, 1.165) is 25.9 Å². The van der Waals surface area contributed by atoms with Crippen LogP contribution in [0.15, 0.2) is 18.2 Å². The maximum atomic E-state index is 12.5. The lowest BCUT2D eigenvalue weighted by Gasteiger charge is -2.23. The van der Waals surface area contributed by atoms with Crippen LogP contribution in [-0.4, -0.2) is 37.5 Å². The van der Waals surface area contributed by atoms with Gasteiger partial charge < -0.3 is 15.5 Å². The summed E-state index contributed by atoms with van der Waals surface area (Å²) in [7, 11) is 0. The van der Waals surface area contributed by atoms with Gasteiger partial charge in [0.05, 0.1) is 10.0 Å². The van der Waals surface area contributed by atoms with Gasteiger partial charge >= 0.3 is 0 Å². The minimum atomic E-state index is -0.452. The first-order valence-corrected chi connectivity index (χ1v) is 8.59. The molecule has 2 heterocycles. The van der Waals surface area contributed by atoms with Crippen molar-refractivity contribution in [3.63, 3.8) is 0 Å². The Hall–Kier alpha value is -1.30.